The molecule has 15 nitrogen and oxygen atoms in total. The highest BCUT2D eigenvalue weighted by atomic mass is 16.5. The van der Waals surface area contributed by atoms with E-state index in [9.17, 15) is 19.2 Å². The standard InChI is InChI=1S/C45H43N9O6/c55-40-16-15-39(43(56)50-40)54-44(57)37-9-3-10-38(41(37)45(54)58)47-19-21-59-22-23-60-29-36-28-53(52-51-36)20-5-18-48-42-33(25-35(27-49-42)34-8-4-17-46-26-34)14-12-30-11-13-31-6-1-2-7-32(31)24-30/h1-4,6-14,17,24-28,39,47H,5,15-16,18-23,29H2,(H,48,49)(H,50,55,56)/b14-12+. The molecule has 1 saturated heterocycles. The number of benzene rings is 3. The molecule has 0 radical (unpaired) electrons. The summed E-state index contributed by atoms with van der Waals surface area (Å²) in [5.74, 6) is -1.38. The number of nitrogens with zero attached hydrogens (tertiary/aromatic N) is 6. The molecular formula is C45H43N9O6. The zero-order valence-corrected chi connectivity index (χ0v) is 32.8. The van der Waals surface area contributed by atoms with Crippen LogP contribution in [0.4, 0.5) is 11.5 Å². The van der Waals surface area contributed by atoms with E-state index in [1.807, 2.05) is 42.9 Å². The zero-order valence-electron chi connectivity index (χ0n) is 32.8. The molecular weight excluding hydrogens is 763 g/mol. The van der Waals surface area contributed by atoms with E-state index >= 15 is 0 Å². The van der Waals surface area contributed by atoms with Gasteiger partial charge in [0.2, 0.25) is 11.8 Å². The molecule has 1 unspecified atom stereocenters. The number of carbonyl (C=O) groups excluding carboxylic acids is 4. The van der Waals surface area contributed by atoms with E-state index in [2.05, 4.69) is 79.8 Å². The van der Waals surface area contributed by atoms with E-state index in [-0.39, 0.29) is 30.6 Å². The Morgan fingerprint density at radius 2 is 1.70 bits per heavy atom. The van der Waals surface area contributed by atoms with Crippen LogP contribution >= 0.6 is 0 Å². The first kappa shape index (κ1) is 39.7. The van der Waals surface area contributed by atoms with E-state index in [4.69, 9.17) is 14.5 Å². The lowest BCUT2D eigenvalue weighted by molar-refractivity contribution is -0.136. The van der Waals surface area contributed by atoms with Crippen molar-refractivity contribution in [3.63, 3.8) is 0 Å². The van der Waals surface area contributed by atoms with Crippen molar-refractivity contribution in [2.45, 2.75) is 38.5 Å². The van der Waals surface area contributed by atoms with Crippen LogP contribution in [0.25, 0.3) is 34.1 Å². The SMILES string of the molecule is O=C1CCC(N2C(=O)c3cccc(NCCOCCOCc4cn(CCCNc5ncc(-c6cccnc6)cc5/C=C/c5ccc6ccccc6c5)nn4)c3C2=O)C(=O)N1. The van der Waals surface area contributed by atoms with Gasteiger partial charge in [0, 0.05) is 67.0 Å². The van der Waals surface area contributed by atoms with E-state index in [1.165, 1.54) is 10.8 Å². The molecule has 6 aromatic rings. The Kier molecular flexibility index (Phi) is 12.3. The van der Waals surface area contributed by atoms with Gasteiger partial charge in [0.15, 0.2) is 0 Å². The molecule has 0 aliphatic carbocycles. The van der Waals surface area contributed by atoms with Gasteiger partial charge in [-0.15, -0.1) is 5.10 Å². The molecule has 3 N–H and O–H groups in total. The van der Waals surface area contributed by atoms with Gasteiger partial charge < -0.3 is 20.1 Å². The fourth-order valence-electron chi connectivity index (χ4n) is 7.22. The smallest absolute Gasteiger partial charge is 0.264 e. The van der Waals surface area contributed by atoms with E-state index in [0.29, 0.717) is 50.8 Å². The van der Waals surface area contributed by atoms with Gasteiger partial charge in [-0.3, -0.25) is 39.1 Å². The molecule has 3 aromatic heterocycles. The number of rotatable bonds is 18. The number of anilines is 2. The summed E-state index contributed by atoms with van der Waals surface area (Å²) in [6, 6.07) is 24.7. The number of imide groups is 2. The molecule has 0 bridgehead atoms. The van der Waals surface area contributed by atoms with E-state index in [1.54, 1.807) is 29.1 Å². The number of ether oxygens (including phenoxy) is 2. The molecule has 60 heavy (non-hydrogen) atoms. The van der Waals surface area contributed by atoms with Crippen LogP contribution in [0.15, 0.2) is 104 Å². The maximum absolute atomic E-state index is 13.3. The Bertz CT molecular complexity index is 2560. The quantitative estimate of drug-likeness (QED) is 0.0723. The Morgan fingerprint density at radius 1 is 0.817 bits per heavy atom. The van der Waals surface area contributed by atoms with Crippen LogP contribution in [-0.2, 0) is 32.2 Å². The molecule has 8 rings (SSSR count). The minimum absolute atomic E-state index is 0.0618. The number of pyridine rings is 2. The average molecular weight is 806 g/mol. The Morgan fingerprint density at radius 3 is 2.57 bits per heavy atom. The van der Waals surface area contributed by atoms with Crippen molar-refractivity contribution in [3.8, 4) is 11.1 Å². The summed E-state index contributed by atoms with van der Waals surface area (Å²) < 4.78 is 13.2. The van der Waals surface area contributed by atoms with Gasteiger partial charge in [-0.2, -0.15) is 0 Å². The Labute approximate surface area is 345 Å². The zero-order chi connectivity index (χ0) is 41.3. The summed E-state index contributed by atoms with van der Waals surface area (Å²) in [6.07, 6.45) is 12.5. The monoisotopic (exact) mass is 805 g/mol. The van der Waals surface area contributed by atoms with Crippen molar-refractivity contribution in [3.05, 3.63) is 132 Å². The third kappa shape index (κ3) is 9.27. The normalized spacial score (nSPS) is 15.2. The number of aryl methyl sites for hydroxylation is 1. The molecule has 5 heterocycles. The van der Waals surface area contributed by atoms with Gasteiger partial charge in [0.1, 0.15) is 17.6 Å². The molecule has 15 heteroatoms. The van der Waals surface area contributed by atoms with Crippen molar-refractivity contribution in [2.75, 3.05) is 43.5 Å². The summed E-state index contributed by atoms with van der Waals surface area (Å²) in [5, 5.41) is 19.8. The summed E-state index contributed by atoms with van der Waals surface area (Å²) >= 11 is 0. The second-order valence-corrected chi connectivity index (χ2v) is 14.4. The van der Waals surface area contributed by atoms with Gasteiger partial charge in [-0.05, 0) is 59.5 Å². The lowest BCUT2D eigenvalue weighted by atomic mass is 10.0. The number of amides is 4. The van der Waals surface area contributed by atoms with Crippen LogP contribution in [0.5, 0.6) is 0 Å². The molecule has 1 atom stereocenters. The van der Waals surface area contributed by atoms with Crippen LogP contribution < -0.4 is 16.0 Å². The minimum Gasteiger partial charge on any atom is -0.382 e. The van der Waals surface area contributed by atoms with Crippen molar-refractivity contribution in [1.29, 1.82) is 0 Å². The number of hydrogen-bond donors (Lipinski definition) is 3. The number of aromatic nitrogens is 5. The average Bonchev–Trinajstić information content (AvgIpc) is 3.83. The highest BCUT2D eigenvalue weighted by Gasteiger charge is 2.45. The fraction of sp³-hybridized carbons (Fsp3) is 0.244. The summed E-state index contributed by atoms with van der Waals surface area (Å²) in [6.45, 7) is 3.00. The summed E-state index contributed by atoms with van der Waals surface area (Å²) in [4.78, 5) is 60.3. The van der Waals surface area contributed by atoms with Crippen LogP contribution in [0.2, 0.25) is 0 Å². The van der Waals surface area contributed by atoms with E-state index < -0.39 is 29.7 Å². The molecule has 4 amide bonds. The molecule has 1 fully saturated rings. The molecule has 3 aromatic carbocycles. The predicted molar refractivity (Wildman–Crippen MR) is 226 cm³/mol. The maximum atomic E-state index is 13.3. The molecule has 2 aliphatic heterocycles. The highest BCUT2D eigenvalue weighted by molar-refractivity contribution is 6.25. The van der Waals surface area contributed by atoms with Gasteiger partial charge in [-0.25, -0.2) is 4.98 Å². The van der Waals surface area contributed by atoms with Gasteiger partial charge in [-0.1, -0.05) is 65.9 Å². The van der Waals surface area contributed by atoms with Crippen LogP contribution in [0.3, 0.4) is 0 Å². The second-order valence-electron chi connectivity index (χ2n) is 14.4. The van der Waals surface area contributed by atoms with Crippen LogP contribution in [0, 0.1) is 0 Å². The third-order valence-electron chi connectivity index (χ3n) is 10.2. The Balaban J connectivity index is 0.757. The fourth-order valence-corrected chi connectivity index (χ4v) is 7.22. The highest BCUT2D eigenvalue weighted by Crippen LogP contribution is 2.32. The summed E-state index contributed by atoms with van der Waals surface area (Å²) in [7, 11) is 0. The number of fused-ring (bicyclic) bond motifs is 2. The van der Waals surface area contributed by atoms with Crippen molar-refractivity contribution < 1.29 is 28.7 Å². The number of carbonyl (C=O) groups is 4. The van der Waals surface area contributed by atoms with Gasteiger partial charge >= 0.3 is 0 Å². The molecule has 0 spiro atoms. The minimum atomic E-state index is -1.02. The first-order valence-corrected chi connectivity index (χ1v) is 19.9. The first-order chi connectivity index (χ1) is 29.4. The largest absolute Gasteiger partial charge is 0.382 e. The third-order valence-corrected chi connectivity index (χ3v) is 10.2. The number of piperidine rings is 1. The molecule has 0 saturated carbocycles. The topological polar surface area (TPSA) is 183 Å². The van der Waals surface area contributed by atoms with Crippen LogP contribution in [0.1, 0.15) is 56.8 Å². The maximum Gasteiger partial charge on any atom is 0.264 e. The number of hydrogen-bond acceptors (Lipinski definition) is 12. The van der Waals surface area contributed by atoms with Crippen LogP contribution in [-0.4, -0.2) is 92.4 Å². The Hall–Kier alpha value is -7.10. The summed E-state index contributed by atoms with van der Waals surface area (Å²) in [5.41, 5.74) is 5.67. The van der Waals surface area contributed by atoms with Crippen molar-refractivity contribution >= 4 is 58.1 Å². The van der Waals surface area contributed by atoms with Crippen molar-refractivity contribution in [2.24, 2.45) is 0 Å². The predicted octanol–water partition coefficient (Wildman–Crippen LogP) is 5.61. The lowest BCUT2D eigenvalue weighted by Crippen LogP contribution is -2.54. The first-order valence-electron chi connectivity index (χ1n) is 19.9. The molecule has 304 valence electrons. The number of nitrogens with one attached hydrogen (secondary N) is 3. The molecule has 2 aliphatic rings. The lowest BCUT2D eigenvalue weighted by Gasteiger charge is -2.27. The van der Waals surface area contributed by atoms with Gasteiger partial charge in [0.25, 0.3) is 11.8 Å². The second kappa shape index (κ2) is 18.7. The van der Waals surface area contributed by atoms with E-state index in [0.717, 1.165) is 39.4 Å². The van der Waals surface area contributed by atoms with Crippen molar-refractivity contribution in [1.82, 2.24) is 35.2 Å². The van der Waals surface area contributed by atoms with Gasteiger partial charge in [0.05, 0.1) is 43.8 Å².